The molecule has 0 aromatic carbocycles. The molecule has 0 aliphatic heterocycles. The van der Waals surface area contributed by atoms with Crippen LogP contribution in [0.1, 0.15) is 47.0 Å². The predicted molar refractivity (Wildman–Crippen MR) is 84.4 cm³/mol. The first kappa shape index (κ1) is 14.3. The Morgan fingerprint density at radius 2 is 1.82 bits per heavy atom. The Balaban J connectivity index is 1.81. The van der Waals surface area contributed by atoms with E-state index < -0.39 is 0 Å². The fraction of sp³-hybridized carbons (Fsp3) is 1.00. The largest absolute Gasteiger partial charge is 0.134 e. The summed E-state index contributed by atoms with van der Waals surface area (Å²) < 4.78 is 0. The Morgan fingerprint density at radius 1 is 1.24 bits per heavy atom. The molecule has 0 aromatic rings. The highest BCUT2D eigenvalue weighted by molar-refractivity contribution is 7.58. The average Bonchev–Trinajstić information content (AvgIpc) is 2.92. The summed E-state index contributed by atoms with van der Waals surface area (Å²) in [4.78, 5) is 0. The van der Waals surface area contributed by atoms with Crippen molar-refractivity contribution in [3.63, 3.8) is 0 Å². The van der Waals surface area contributed by atoms with Crippen LogP contribution in [0, 0.1) is 23.7 Å². The van der Waals surface area contributed by atoms with Crippen LogP contribution in [0.25, 0.3) is 0 Å². The molecule has 0 amide bonds. The van der Waals surface area contributed by atoms with E-state index in [1.165, 1.54) is 19.3 Å². The second-order valence-corrected chi connectivity index (χ2v) is 11.2. The second kappa shape index (κ2) is 5.09. The van der Waals surface area contributed by atoms with Crippen molar-refractivity contribution < 1.29 is 0 Å². The van der Waals surface area contributed by atoms with Crippen molar-refractivity contribution in [3.05, 3.63) is 0 Å². The maximum absolute atomic E-state index is 3.01. The van der Waals surface area contributed by atoms with Gasteiger partial charge in [0.1, 0.15) is 0 Å². The maximum atomic E-state index is 3.01. The first-order valence-corrected chi connectivity index (χ1v) is 9.93. The summed E-state index contributed by atoms with van der Waals surface area (Å²) in [7, 11) is 3.23. The van der Waals surface area contributed by atoms with Gasteiger partial charge in [0.25, 0.3) is 0 Å². The van der Waals surface area contributed by atoms with Crippen LogP contribution in [0.3, 0.4) is 0 Å². The van der Waals surface area contributed by atoms with Crippen LogP contribution in [0.4, 0.5) is 0 Å². The molecule has 2 fully saturated rings. The van der Waals surface area contributed by atoms with Gasteiger partial charge in [0, 0.05) is 0 Å². The summed E-state index contributed by atoms with van der Waals surface area (Å²) in [6, 6.07) is 0. The zero-order valence-electron chi connectivity index (χ0n) is 12.2. The molecule has 2 saturated carbocycles. The van der Waals surface area contributed by atoms with E-state index >= 15 is 0 Å². The molecular weight excluding hydrogens is 242 g/mol. The van der Waals surface area contributed by atoms with Gasteiger partial charge >= 0.3 is 0 Å². The van der Waals surface area contributed by atoms with Gasteiger partial charge in [-0.25, -0.2) is 0 Å². The quantitative estimate of drug-likeness (QED) is 0.629. The zero-order chi connectivity index (χ0) is 12.8. The maximum Gasteiger partial charge on any atom is -0.0125 e. The molecule has 4 unspecified atom stereocenters. The first-order valence-electron chi connectivity index (χ1n) is 7.29. The summed E-state index contributed by atoms with van der Waals surface area (Å²) in [6.07, 6.45) is 5.99. The summed E-state index contributed by atoms with van der Waals surface area (Å²) in [5.74, 6) is 4.08. The number of rotatable bonds is 5. The minimum Gasteiger partial charge on any atom is -0.134 e. The Labute approximate surface area is 112 Å². The third kappa shape index (κ3) is 3.06. The van der Waals surface area contributed by atoms with Gasteiger partial charge in [-0.05, 0) is 66.6 Å². The Bertz CT molecular complexity index is 266. The van der Waals surface area contributed by atoms with E-state index in [1.807, 2.05) is 0 Å². The molecule has 2 rings (SSSR count). The van der Waals surface area contributed by atoms with E-state index in [0.717, 1.165) is 29.3 Å². The van der Waals surface area contributed by atoms with E-state index in [9.17, 15) is 0 Å². The highest BCUT2D eigenvalue weighted by atomic mass is 31.1. The van der Waals surface area contributed by atoms with Crippen LogP contribution in [-0.2, 0) is 0 Å². The molecule has 0 bridgehead atoms. The molecule has 2 heteroatoms. The molecule has 0 N–H and O–H groups in total. The van der Waals surface area contributed by atoms with Gasteiger partial charge in [0.05, 0.1) is 0 Å². The summed E-state index contributed by atoms with van der Waals surface area (Å²) in [6.45, 7) is 12.5. The fourth-order valence-electron chi connectivity index (χ4n) is 3.43. The van der Waals surface area contributed by atoms with Crippen LogP contribution >= 0.6 is 17.2 Å². The van der Waals surface area contributed by atoms with Crippen LogP contribution in [0.2, 0.25) is 0 Å². The highest BCUT2D eigenvalue weighted by Crippen LogP contribution is 2.61. The Morgan fingerprint density at radius 3 is 2.24 bits per heavy atom. The Hall–Kier alpha value is 0.860. The molecule has 4 atom stereocenters. The van der Waals surface area contributed by atoms with Crippen LogP contribution in [-0.4, -0.2) is 23.6 Å². The molecule has 0 spiro atoms. The topological polar surface area (TPSA) is 0 Å². The summed E-state index contributed by atoms with van der Waals surface area (Å²) in [5, 5.41) is 0.631. The van der Waals surface area contributed by atoms with Crippen LogP contribution < -0.4 is 0 Å². The van der Waals surface area contributed by atoms with E-state index in [2.05, 4.69) is 43.6 Å². The van der Waals surface area contributed by atoms with Crippen molar-refractivity contribution in [2.75, 3.05) is 12.8 Å². The average molecular weight is 272 g/mol. The third-order valence-electron chi connectivity index (χ3n) is 5.50. The van der Waals surface area contributed by atoms with Crippen molar-refractivity contribution in [1.29, 1.82) is 0 Å². The van der Waals surface area contributed by atoms with Gasteiger partial charge in [0.2, 0.25) is 0 Å². The summed E-state index contributed by atoms with van der Waals surface area (Å²) in [5.41, 5.74) is 0.923. The molecule has 2 aliphatic rings. The lowest BCUT2D eigenvalue weighted by molar-refractivity contribution is 0.265. The third-order valence-corrected chi connectivity index (χ3v) is 9.39. The van der Waals surface area contributed by atoms with Crippen molar-refractivity contribution in [3.8, 4) is 0 Å². The van der Waals surface area contributed by atoms with Gasteiger partial charge in [-0.1, -0.05) is 27.7 Å². The fourth-order valence-corrected chi connectivity index (χ4v) is 6.52. The van der Waals surface area contributed by atoms with Crippen LogP contribution in [0.5, 0.6) is 0 Å². The molecule has 0 radical (unpaired) electrons. The molecule has 0 nitrogen and oxygen atoms in total. The van der Waals surface area contributed by atoms with Crippen molar-refractivity contribution in [1.82, 2.24) is 0 Å². The minimum atomic E-state index is 0.226. The van der Waals surface area contributed by atoms with Crippen molar-refractivity contribution in [2.24, 2.45) is 23.7 Å². The SMILES string of the molecule is CC(C)C1CC1CP(C)C(C)(C)C1CC(P)C1. The number of hydrogen-bond acceptors (Lipinski definition) is 0. The van der Waals surface area contributed by atoms with E-state index in [1.54, 1.807) is 6.16 Å². The number of hydrogen-bond donors (Lipinski definition) is 0. The van der Waals surface area contributed by atoms with E-state index in [0.29, 0.717) is 5.16 Å². The van der Waals surface area contributed by atoms with Gasteiger partial charge in [-0.15, -0.1) is 17.2 Å². The lowest BCUT2D eigenvalue weighted by Gasteiger charge is -2.48. The van der Waals surface area contributed by atoms with Gasteiger partial charge < -0.3 is 0 Å². The highest BCUT2D eigenvalue weighted by Gasteiger charge is 2.45. The molecule has 0 saturated heterocycles. The predicted octanol–water partition coefficient (Wildman–Crippen LogP) is 4.82. The van der Waals surface area contributed by atoms with Crippen molar-refractivity contribution >= 4 is 17.2 Å². The van der Waals surface area contributed by atoms with Crippen molar-refractivity contribution in [2.45, 2.75) is 57.8 Å². The Kier molecular flexibility index (Phi) is 4.27. The van der Waals surface area contributed by atoms with Gasteiger partial charge in [-0.2, -0.15) is 0 Å². The lowest BCUT2D eigenvalue weighted by Crippen LogP contribution is -2.40. The molecule has 0 heterocycles. The van der Waals surface area contributed by atoms with E-state index in [-0.39, 0.29) is 7.92 Å². The monoisotopic (exact) mass is 272 g/mol. The zero-order valence-corrected chi connectivity index (χ0v) is 14.3. The minimum absolute atomic E-state index is 0.226. The van der Waals surface area contributed by atoms with Crippen LogP contribution in [0.15, 0.2) is 0 Å². The smallest absolute Gasteiger partial charge is 0.0125 e. The molecule has 0 aromatic heterocycles. The molecule has 17 heavy (non-hydrogen) atoms. The standard InChI is InChI=1S/C15H30P2/c1-10(2)14-6-11(14)9-17(5)15(3,4)12-7-13(16)8-12/h10-14H,6-9,16H2,1-5H3. The van der Waals surface area contributed by atoms with E-state index in [4.69, 9.17) is 0 Å². The molecule has 100 valence electrons. The molecule has 2 aliphatic carbocycles. The summed E-state index contributed by atoms with van der Waals surface area (Å²) >= 11 is 0. The lowest BCUT2D eigenvalue weighted by atomic mass is 9.76. The normalized spacial score (nSPS) is 39.0. The van der Waals surface area contributed by atoms with Gasteiger partial charge in [-0.3, -0.25) is 0 Å². The van der Waals surface area contributed by atoms with Gasteiger partial charge in [0.15, 0.2) is 0 Å². The molecular formula is C15H30P2. The second-order valence-electron chi connectivity index (χ2n) is 7.37. The first-order chi connectivity index (χ1) is 7.82.